The van der Waals surface area contributed by atoms with Gasteiger partial charge in [-0.3, -0.25) is 15.3 Å². The lowest BCUT2D eigenvalue weighted by Gasteiger charge is -2.47. The van der Waals surface area contributed by atoms with Crippen LogP contribution in [0.2, 0.25) is 0 Å². The summed E-state index contributed by atoms with van der Waals surface area (Å²) in [6.07, 6.45) is 23.7. The number of aliphatic hydroxyl groups excluding tert-OH is 3. The van der Waals surface area contributed by atoms with E-state index in [4.69, 9.17) is 10.5 Å². The number of hydrogen-bond acceptors (Lipinski definition) is 7. The van der Waals surface area contributed by atoms with E-state index in [1.54, 1.807) is 7.11 Å². The smallest absolute Gasteiger partial charge is 0.150 e. The summed E-state index contributed by atoms with van der Waals surface area (Å²) in [5.74, 6) is 11.1. The third-order valence-corrected chi connectivity index (χ3v) is 16.7. The molecule has 2 heterocycles. The summed E-state index contributed by atoms with van der Waals surface area (Å²) in [5.41, 5.74) is 6.43. The van der Waals surface area contributed by atoms with Crippen molar-refractivity contribution in [3.63, 3.8) is 0 Å². The number of carbonyl (C=O) groups is 2. The van der Waals surface area contributed by atoms with Gasteiger partial charge in [0, 0.05) is 50.5 Å². The number of hydrogen-bond donors (Lipinski definition) is 6. The van der Waals surface area contributed by atoms with Gasteiger partial charge in [0.2, 0.25) is 0 Å². The van der Waals surface area contributed by atoms with Gasteiger partial charge in [0.05, 0.1) is 50.0 Å². The van der Waals surface area contributed by atoms with Crippen LogP contribution in [0.25, 0.3) is 0 Å². The van der Waals surface area contributed by atoms with Gasteiger partial charge in [-0.05, 0) is 125 Å². The highest BCUT2D eigenvalue weighted by molar-refractivity contribution is 5.84. The third kappa shape index (κ3) is 11.4. The molecule has 0 radical (unpaired) electrons. The van der Waals surface area contributed by atoms with Crippen LogP contribution in [0.15, 0.2) is 12.2 Å². The molecular weight excluding hydrogens is 715 g/mol. The summed E-state index contributed by atoms with van der Waals surface area (Å²) in [6, 6.07) is 0.489. The summed E-state index contributed by atoms with van der Waals surface area (Å²) in [6.45, 7) is 2.16. The van der Waals surface area contributed by atoms with Gasteiger partial charge in [-0.2, -0.15) is 0 Å². The molecule has 5 aliphatic carbocycles. The summed E-state index contributed by atoms with van der Waals surface area (Å²) in [5, 5.41) is 39.3. The first kappa shape index (κ1) is 43.4. The van der Waals surface area contributed by atoms with Crippen molar-refractivity contribution in [1.29, 1.82) is 0 Å². The van der Waals surface area contributed by atoms with Crippen molar-refractivity contribution in [3.05, 3.63) is 12.2 Å². The molecule has 0 aromatic heterocycles. The molecule has 0 spiro atoms. The molecule has 0 bridgehead atoms. The van der Waals surface area contributed by atoms with Crippen molar-refractivity contribution in [2.45, 2.75) is 178 Å². The van der Waals surface area contributed by atoms with Crippen LogP contribution in [0.5, 0.6) is 0 Å². The molecule has 0 aromatic carbocycles. The molecule has 2 aliphatic heterocycles. The lowest BCUT2D eigenvalue weighted by molar-refractivity contribution is -0.715. The highest BCUT2D eigenvalue weighted by Crippen LogP contribution is 2.46. The van der Waals surface area contributed by atoms with Crippen molar-refractivity contribution < 1.29 is 40.3 Å². The zero-order valence-corrected chi connectivity index (χ0v) is 35.2. The molecule has 16 atom stereocenters. The van der Waals surface area contributed by atoms with Gasteiger partial charge >= 0.3 is 0 Å². The maximum Gasteiger partial charge on any atom is 0.150 e. The van der Waals surface area contributed by atoms with Gasteiger partial charge in [0.15, 0.2) is 0 Å². The number of aliphatic hydroxyl groups is 3. The number of nitrogens with two attached hydrogens (primary N) is 3. The standard InChI is InChI=1S/C48H77N3O6/c1-57-47-25-35-13-20-45(55)41(44(54)19-9-31-8-16-39-36(23-31)29-51-43-27-38(53)15-18-40(39)43)17-12-32(42(35)28-46(47)56)11-14-37(52)24-33(34-21-22-50-48(49)26-34)10-7-30-5-3-2-4-6-30/h7,10,30-37,39-44,46-48,50-52,54,56H,2-6,8-9,11,13-16,18-29,49H2,1H3/p+2. The molecular formula is C48H79N3O6+2. The van der Waals surface area contributed by atoms with Crippen molar-refractivity contribution in [2.24, 2.45) is 70.8 Å². The van der Waals surface area contributed by atoms with Gasteiger partial charge in [0.25, 0.3) is 0 Å². The van der Waals surface area contributed by atoms with Gasteiger partial charge in [-0.15, -0.1) is 0 Å². The average molecular weight is 794 g/mol. The van der Waals surface area contributed by atoms with Gasteiger partial charge < -0.3 is 30.7 Å². The molecule has 16 unspecified atom stereocenters. The summed E-state index contributed by atoms with van der Waals surface area (Å²) in [4.78, 5) is 26.0. The Morgan fingerprint density at radius 3 is 2.51 bits per heavy atom. The fraction of sp³-hybridized carbons (Fsp3) is 0.875. The zero-order chi connectivity index (χ0) is 39.9. The van der Waals surface area contributed by atoms with Crippen LogP contribution in [-0.2, 0) is 14.3 Å². The molecule has 7 rings (SSSR count). The van der Waals surface area contributed by atoms with Gasteiger partial charge in [-0.1, -0.05) is 49.7 Å². The molecule has 320 valence electrons. The summed E-state index contributed by atoms with van der Waals surface area (Å²) >= 11 is 0. The van der Waals surface area contributed by atoms with Crippen LogP contribution in [0, 0.1) is 76.9 Å². The minimum atomic E-state index is -0.783. The quantitative estimate of drug-likeness (QED) is 0.121. The molecule has 9 N–H and O–H groups in total. The average Bonchev–Trinajstić information content (AvgIpc) is 3.28. The Kier molecular flexibility index (Phi) is 15.8. The number of rotatable bonds is 13. The number of carbonyl (C=O) groups excluding carboxylic acids is 2. The van der Waals surface area contributed by atoms with E-state index in [0.29, 0.717) is 92.3 Å². The van der Waals surface area contributed by atoms with E-state index in [9.17, 15) is 24.9 Å². The summed E-state index contributed by atoms with van der Waals surface area (Å²) < 4.78 is 5.72. The molecule has 4 saturated carbocycles. The lowest BCUT2D eigenvalue weighted by atomic mass is 9.61. The van der Waals surface area contributed by atoms with E-state index in [1.165, 1.54) is 51.4 Å². The van der Waals surface area contributed by atoms with Crippen LogP contribution in [-0.4, -0.2) is 83.7 Å². The van der Waals surface area contributed by atoms with E-state index in [-0.39, 0.29) is 35.8 Å². The van der Waals surface area contributed by atoms with Crippen LogP contribution in [0.4, 0.5) is 0 Å². The van der Waals surface area contributed by atoms with Crippen molar-refractivity contribution in [2.75, 3.05) is 20.2 Å². The Morgan fingerprint density at radius 1 is 0.860 bits per heavy atom. The van der Waals surface area contributed by atoms with Crippen molar-refractivity contribution in [1.82, 2.24) is 0 Å². The molecule has 0 amide bonds. The molecule has 6 fully saturated rings. The lowest BCUT2D eigenvalue weighted by Crippen LogP contribution is -2.96. The maximum atomic E-state index is 13.9. The van der Waals surface area contributed by atoms with Gasteiger partial charge in [0.1, 0.15) is 23.7 Å². The maximum absolute atomic E-state index is 13.9. The minimum Gasteiger partial charge on any atom is -0.393 e. The topological polar surface area (TPSA) is 163 Å². The first-order valence-electron chi connectivity index (χ1n) is 23.9. The first-order valence-corrected chi connectivity index (χ1v) is 23.9. The Labute approximate surface area is 343 Å². The van der Waals surface area contributed by atoms with Crippen molar-refractivity contribution >= 4 is 11.6 Å². The van der Waals surface area contributed by atoms with Crippen LogP contribution >= 0.6 is 0 Å². The number of quaternary nitrogens is 2. The van der Waals surface area contributed by atoms with Gasteiger partial charge in [-0.25, -0.2) is 0 Å². The number of fused-ring (bicyclic) bond motifs is 4. The van der Waals surface area contributed by atoms with Crippen LogP contribution in [0.3, 0.4) is 0 Å². The highest BCUT2D eigenvalue weighted by atomic mass is 16.5. The Bertz CT molecular complexity index is 1410. The zero-order valence-electron chi connectivity index (χ0n) is 35.2. The summed E-state index contributed by atoms with van der Waals surface area (Å²) in [7, 11) is 1.67. The molecule has 9 heteroatoms. The molecule has 57 heavy (non-hydrogen) atoms. The fourth-order valence-electron chi connectivity index (χ4n) is 13.4. The molecule has 0 aromatic rings. The van der Waals surface area contributed by atoms with E-state index in [0.717, 1.165) is 64.0 Å². The number of ether oxygens (including phenoxy) is 1. The second kappa shape index (κ2) is 20.8. The largest absolute Gasteiger partial charge is 0.393 e. The predicted octanol–water partition coefficient (Wildman–Crippen LogP) is 4.02. The second-order valence-electron chi connectivity index (χ2n) is 20.3. The minimum absolute atomic E-state index is 0.0496. The molecule has 7 aliphatic rings. The molecule has 2 saturated heterocycles. The molecule has 9 nitrogen and oxygen atoms in total. The number of ketones is 2. The van der Waals surface area contributed by atoms with E-state index in [1.807, 2.05) is 0 Å². The number of allylic oxidation sites excluding steroid dienone is 2. The second-order valence-corrected chi connectivity index (χ2v) is 20.3. The Morgan fingerprint density at radius 2 is 1.70 bits per heavy atom. The predicted molar refractivity (Wildman–Crippen MR) is 221 cm³/mol. The Hall–Kier alpha value is -1.64. The number of Topliss-reactive ketones (excluding diaryl/α,β-unsaturated/α-hetero) is 2. The Balaban J connectivity index is 0.995. The number of piperidine rings is 2. The monoisotopic (exact) mass is 794 g/mol. The third-order valence-electron chi connectivity index (χ3n) is 16.7. The van der Waals surface area contributed by atoms with Crippen molar-refractivity contribution in [3.8, 4) is 11.8 Å². The van der Waals surface area contributed by atoms with Crippen LogP contribution in [0.1, 0.15) is 141 Å². The van der Waals surface area contributed by atoms with E-state index < -0.39 is 24.2 Å². The number of methoxy groups -OCH3 is 1. The van der Waals surface area contributed by atoms with E-state index >= 15 is 0 Å². The van der Waals surface area contributed by atoms with Crippen LogP contribution < -0.4 is 16.4 Å². The fourth-order valence-corrected chi connectivity index (χ4v) is 13.4. The highest BCUT2D eigenvalue weighted by Gasteiger charge is 2.47. The normalized spacial score (nSPS) is 41.0. The van der Waals surface area contributed by atoms with E-state index in [2.05, 4.69) is 34.6 Å². The first-order chi connectivity index (χ1) is 27.6. The SMILES string of the molecule is COC1CC2CCC(=O)C(C(O)CCC3CCC4C(C[NH2+]C5CC(=O)CCC54)C3)C#CC(CCC(O)CC(C=CC3CCCCC3)C3CC[NH2+]C(N)C3)C2CC1O.